The molecule has 454 valence electrons. The number of thioether (sulfide) groups is 1. The topological polar surface area (TPSA) is 36.1 Å². The first kappa shape index (κ1) is 54.7. The zero-order valence-corrected chi connectivity index (χ0v) is 54.3. The largest absolute Gasteiger partial charge is 0.455 e. The molecule has 0 spiro atoms. The molecule has 4 nitrogen and oxygen atoms in total. The number of thiophene rings is 1. The highest BCUT2D eigenvalue weighted by Crippen LogP contribution is 2.57. The number of allylic oxidation sites excluding steroid dienone is 3. The molecule has 0 bridgehead atoms. The van der Waals surface area contributed by atoms with E-state index in [1.54, 1.807) is 0 Å². The van der Waals surface area contributed by atoms with Crippen LogP contribution in [0.3, 0.4) is 0 Å². The molecule has 6 heterocycles. The van der Waals surface area contributed by atoms with Gasteiger partial charge < -0.3 is 18.0 Å². The number of benzene rings is 14. The van der Waals surface area contributed by atoms with Crippen molar-refractivity contribution >= 4 is 136 Å². The van der Waals surface area contributed by atoms with Gasteiger partial charge in [-0.1, -0.05) is 231 Å². The molecule has 1 aliphatic heterocycles. The molecule has 2 atom stereocenters. The molecule has 2 unspecified atom stereocenters. The average molecular weight is 1270 g/mol. The predicted molar refractivity (Wildman–Crippen MR) is 410 cm³/mol. The van der Waals surface area contributed by atoms with Crippen LogP contribution in [-0.2, 0) is 5.41 Å². The number of aromatic nitrogens is 2. The molecule has 21 rings (SSSR count). The van der Waals surface area contributed by atoms with Crippen LogP contribution in [0.1, 0.15) is 18.1 Å². The quantitative estimate of drug-likeness (QED) is 0.152. The highest BCUT2D eigenvalue weighted by molar-refractivity contribution is 8.00. The predicted octanol–water partition coefficient (Wildman–Crippen LogP) is 25.8. The molecular formula is C91H56N2O2S2. The van der Waals surface area contributed by atoms with Gasteiger partial charge in [-0.3, -0.25) is 0 Å². The number of furan rings is 2. The van der Waals surface area contributed by atoms with Crippen LogP contribution in [0.4, 0.5) is 0 Å². The fraction of sp³-hybridized carbons (Fsp3) is 0.0330. The van der Waals surface area contributed by atoms with Crippen LogP contribution < -0.4 is 0 Å². The van der Waals surface area contributed by atoms with E-state index in [1.807, 2.05) is 23.1 Å². The Morgan fingerprint density at radius 1 is 0.351 bits per heavy atom. The van der Waals surface area contributed by atoms with E-state index < -0.39 is 0 Å². The Hall–Kier alpha value is -11.7. The van der Waals surface area contributed by atoms with Gasteiger partial charge in [0.1, 0.15) is 22.3 Å². The fourth-order valence-corrected chi connectivity index (χ4v) is 19.3. The molecule has 0 fully saturated rings. The Morgan fingerprint density at radius 3 is 1.51 bits per heavy atom. The zero-order chi connectivity index (χ0) is 63.6. The van der Waals surface area contributed by atoms with E-state index in [1.165, 1.54) is 91.1 Å². The number of nitrogens with zero attached hydrogens (tertiary/aromatic N) is 2. The number of fused-ring (bicyclic) bond motifs is 18. The van der Waals surface area contributed by atoms with Crippen molar-refractivity contribution in [1.29, 1.82) is 0 Å². The van der Waals surface area contributed by atoms with Gasteiger partial charge in [0, 0.05) is 107 Å². The molecule has 97 heavy (non-hydrogen) atoms. The van der Waals surface area contributed by atoms with Crippen molar-refractivity contribution in [2.24, 2.45) is 0 Å². The van der Waals surface area contributed by atoms with Gasteiger partial charge >= 0.3 is 0 Å². The summed E-state index contributed by atoms with van der Waals surface area (Å²) in [5, 5.41) is 12.0. The minimum absolute atomic E-state index is 0.0995. The summed E-state index contributed by atoms with van der Waals surface area (Å²) in [7, 11) is 0. The summed E-state index contributed by atoms with van der Waals surface area (Å²) >= 11 is 3.84. The highest BCUT2D eigenvalue weighted by atomic mass is 32.2. The number of rotatable bonds is 8. The normalized spacial score (nSPS) is 15.4. The van der Waals surface area contributed by atoms with E-state index in [0.717, 1.165) is 105 Å². The second kappa shape index (κ2) is 20.9. The van der Waals surface area contributed by atoms with Crippen molar-refractivity contribution in [3.8, 4) is 67.0 Å². The van der Waals surface area contributed by atoms with E-state index in [0.29, 0.717) is 0 Å². The van der Waals surface area contributed by atoms with Crippen molar-refractivity contribution in [1.82, 2.24) is 9.13 Å². The van der Waals surface area contributed by atoms with Gasteiger partial charge in [0.15, 0.2) is 0 Å². The number of para-hydroxylation sites is 3. The third-order valence-corrected chi connectivity index (χ3v) is 23.8. The highest BCUT2D eigenvalue weighted by Gasteiger charge is 2.45. The molecule has 0 saturated heterocycles. The smallest absolute Gasteiger partial charge is 0.143 e. The fourth-order valence-electron chi connectivity index (χ4n) is 16.4. The van der Waals surface area contributed by atoms with Crippen LogP contribution in [-0.4, -0.2) is 14.4 Å². The zero-order valence-electron chi connectivity index (χ0n) is 52.6. The molecular weight excluding hydrogens is 1220 g/mol. The summed E-state index contributed by atoms with van der Waals surface area (Å²) in [5.74, 6) is 0. The SMILES string of the molecule is CC12C=CC=C(c3cccc4c3oc3ccc(-n5c6ccccc6c6cc(-c7ccc(-c8ccc9c(sc%10ccccc%109)c8-c8cccc9c8oc8ccc(-n%10c%11ccc(-c%12ccccc%12)cc%11c%11cc(-c%12ccccc%12)ccc%11%10)cc89)cc7)ccc65)cc34)C1Sc1ccccc12. The van der Waals surface area contributed by atoms with Gasteiger partial charge in [-0.2, -0.15) is 0 Å². The van der Waals surface area contributed by atoms with Gasteiger partial charge in [-0.15, -0.1) is 23.1 Å². The van der Waals surface area contributed by atoms with Crippen LogP contribution in [0.5, 0.6) is 0 Å². The molecule has 6 heteroatoms. The molecule has 19 aromatic rings. The molecule has 0 N–H and O–H groups in total. The maximum atomic E-state index is 7.17. The molecule has 0 amide bonds. The van der Waals surface area contributed by atoms with Crippen molar-refractivity contribution in [2.45, 2.75) is 22.5 Å². The molecule has 5 aromatic heterocycles. The molecule has 1 aliphatic carbocycles. The van der Waals surface area contributed by atoms with Crippen molar-refractivity contribution in [3.05, 3.63) is 327 Å². The van der Waals surface area contributed by atoms with Gasteiger partial charge in [0.25, 0.3) is 0 Å². The van der Waals surface area contributed by atoms with E-state index >= 15 is 0 Å². The van der Waals surface area contributed by atoms with Crippen LogP contribution >= 0.6 is 23.1 Å². The lowest BCUT2D eigenvalue weighted by Crippen LogP contribution is -2.31. The first-order valence-corrected chi connectivity index (χ1v) is 35.0. The maximum absolute atomic E-state index is 7.17. The van der Waals surface area contributed by atoms with Crippen molar-refractivity contribution in [2.75, 3.05) is 0 Å². The van der Waals surface area contributed by atoms with Crippen molar-refractivity contribution in [3.63, 3.8) is 0 Å². The Morgan fingerprint density at radius 2 is 0.856 bits per heavy atom. The average Bonchev–Trinajstić information content (AvgIpc) is 1.60. The summed E-state index contributed by atoms with van der Waals surface area (Å²) < 4.78 is 21.4. The number of hydrogen-bond donors (Lipinski definition) is 0. The third-order valence-electron chi connectivity index (χ3n) is 21.0. The Bertz CT molecular complexity index is 6520. The van der Waals surface area contributed by atoms with Crippen LogP contribution in [0, 0.1) is 0 Å². The summed E-state index contributed by atoms with van der Waals surface area (Å²) in [4.78, 5) is 1.36. The second-order valence-corrected chi connectivity index (χ2v) is 28.5. The van der Waals surface area contributed by atoms with Crippen molar-refractivity contribution < 1.29 is 8.83 Å². The second-order valence-electron chi connectivity index (χ2n) is 26.3. The monoisotopic (exact) mass is 1270 g/mol. The standard InChI is InChI=1S/C91H56N2O2S2/c1-91-48-16-27-70(90(91)97-85-31-13-10-28-77(85)91)66-23-14-24-67-75-52-61(39-46-82(75)94-87(66)67)92-78-29-11-8-21-64(78)72-49-60(38-43-79(72)92)56-32-34-57(35-33-56)63-41-42-69-65-22-9-12-30-84(65)96-89(69)86(63)71-26-15-25-68-76-53-62(40-47-83(76)95-88(68)71)93-80-44-36-58(54-17-4-2-5-18-54)50-73(80)74-51-59(37-45-81(74)93)55-19-6-3-7-20-55/h2-53,90H,1H3. The minimum atomic E-state index is -0.0995. The van der Waals surface area contributed by atoms with Crippen LogP contribution in [0.25, 0.3) is 180 Å². The lowest BCUT2D eigenvalue weighted by atomic mass is 9.73. The summed E-state index contributed by atoms with van der Waals surface area (Å²) in [6.07, 6.45) is 6.93. The first-order valence-electron chi connectivity index (χ1n) is 33.3. The summed E-state index contributed by atoms with van der Waals surface area (Å²) in [6, 6.07) is 109. The molecule has 2 aliphatic rings. The van der Waals surface area contributed by atoms with Crippen LogP contribution in [0.15, 0.2) is 329 Å². The maximum Gasteiger partial charge on any atom is 0.143 e. The van der Waals surface area contributed by atoms with Gasteiger partial charge in [-0.05, 0) is 147 Å². The Kier molecular flexibility index (Phi) is 11.8. The minimum Gasteiger partial charge on any atom is -0.455 e. The number of hydrogen-bond acceptors (Lipinski definition) is 4. The Labute approximate surface area is 566 Å². The van der Waals surface area contributed by atoms with Crippen LogP contribution in [0.2, 0.25) is 0 Å². The lowest BCUT2D eigenvalue weighted by molar-refractivity contribution is 0.626. The summed E-state index contributed by atoms with van der Waals surface area (Å²) in [5.41, 5.74) is 25.8. The van der Waals surface area contributed by atoms with E-state index in [-0.39, 0.29) is 10.7 Å². The van der Waals surface area contributed by atoms with Gasteiger partial charge in [-0.25, -0.2) is 0 Å². The first-order chi connectivity index (χ1) is 47.9. The molecule has 0 saturated carbocycles. The molecule has 0 radical (unpaired) electrons. The Balaban J connectivity index is 0.656. The van der Waals surface area contributed by atoms with E-state index in [2.05, 4.69) is 332 Å². The lowest BCUT2D eigenvalue weighted by Gasteiger charge is -2.33. The van der Waals surface area contributed by atoms with Gasteiger partial charge in [0.05, 0.1) is 22.1 Å². The third kappa shape index (κ3) is 8.18. The molecule has 14 aromatic carbocycles. The summed E-state index contributed by atoms with van der Waals surface area (Å²) in [6.45, 7) is 2.38. The van der Waals surface area contributed by atoms with E-state index in [9.17, 15) is 0 Å². The van der Waals surface area contributed by atoms with Gasteiger partial charge in [0.2, 0.25) is 0 Å². The van der Waals surface area contributed by atoms with E-state index in [4.69, 9.17) is 8.83 Å².